The molecule has 0 spiro atoms. The smallest absolute Gasteiger partial charge is 0.336 e. The van der Waals surface area contributed by atoms with Crippen molar-refractivity contribution in [3.05, 3.63) is 34.7 Å². The predicted molar refractivity (Wildman–Crippen MR) is 82.5 cm³/mol. The number of sulfone groups is 1. The lowest BCUT2D eigenvalue weighted by Crippen LogP contribution is -2.51. The molecule has 124 valence electrons. The van der Waals surface area contributed by atoms with Crippen LogP contribution < -0.4 is 11.1 Å². The predicted octanol–water partition coefficient (Wildman–Crippen LogP) is 0.747. The highest BCUT2D eigenvalue weighted by atomic mass is 35.5. The minimum atomic E-state index is -4.03. The molecule has 0 saturated heterocycles. The number of carbonyl (C=O) groups excluding carboxylic acids is 1. The summed E-state index contributed by atoms with van der Waals surface area (Å²) in [7, 11) is -4.03. The molecule has 1 aromatic heterocycles. The first-order valence-corrected chi connectivity index (χ1v) is 8.68. The molecule has 0 aliphatic heterocycles. The van der Waals surface area contributed by atoms with Gasteiger partial charge in [-0.25, -0.2) is 8.42 Å². The fraction of sp³-hybridized carbons (Fsp3) is 0.308. The van der Waals surface area contributed by atoms with Gasteiger partial charge < -0.3 is 15.5 Å². The Labute approximate surface area is 137 Å². The lowest BCUT2D eigenvalue weighted by atomic mass is 10.2. The summed E-state index contributed by atoms with van der Waals surface area (Å²) in [5.74, 6) is -1.45. The van der Waals surface area contributed by atoms with Crippen LogP contribution in [0.4, 0.5) is 5.69 Å². The lowest BCUT2D eigenvalue weighted by molar-refractivity contribution is -0.425. The van der Waals surface area contributed by atoms with E-state index in [2.05, 4.69) is 21.2 Å². The Morgan fingerprint density at radius 3 is 2.74 bits per heavy atom. The summed E-state index contributed by atoms with van der Waals surface area (Å²) in [6.45, 7) is 3.39. The van der Waals surface area contributed by atoms with Crippen molar-refractivity contribution in [2.45, 2.75) is 25.1 Å². The van der Waals surface area contributed by atoms with Gasteiger partial charge in [0.05, 0.1) is 0 Å². The van der Waals surface area contributed by atoms with Gasteiger partial charge in [0.1, 0.15) is 5.75 Å². The fourth-order valence-corrected chi connectivity index (χ4v) is 2.80. The molecular weight excluding hydrogens is 344 g/mol. The third-order valence-electron chi connectivity index (χ3n) is 2.97. The van der Waals surface area contributed by atoms with Gasteiger partial charge in [-0.15, -0.1) is 5.10 Å². The number of hydrogen-bond donors (Lipinski definition) is 2. The zero-order chi connectivity index (χ0) is 17.2. The molecule has 10 heteroatoms. The third kappa shape index (κ3) is 4.06. The molecule has 0 saturated carbocycles. The van der Waals surface area contributed by atoms with Crippen LogP contribution in [0.3, 0.4) is 0 Å². The van der Waals surface area contributed by atoms with Gasteiger partial charge in [-0.05, 0) is 31.5 Å². The summed E-state index contributed by atoms with van der Waals surface area (Å²) in [4.78, 5) is 12.0. The first-order valence-electron chi connectivity index (χ1n) is 6.65. The highest BCUT2D eigenvalue weighted by Gasteiger charge is 2.27. The van der Waals surface area contributed by atoms with Gasteiger partial charge in [-0.3, -0.25) is 4.79 Å². The molecule has 0 aliphatic carbocycles. The summed E-state index contributed by atoms with van der Waals surface area (Å²) in [5.41, 5.74) is 4.74. The average Bonchev–Trinajstić information content (AvgIpc) is 2.94. The number of aromatic nitrogens is 2. The normalized spacial score (nSPS) is 12.9. The van der Waals surface area contributed by atoms with E-state index in [0.29, 0.717) is 16.3 Å². The fourth-order valence-electron chi connectivity index (χ4n) is 1.71. The maximum Gasteiger partial charge on any atom is 0.336 e. The number of quaternary nitrogens is 1. The molecule has 1 atom stereocenters. The highest BCUT2D eigenvalue weighted by Crippen LogP contribution is 2.23. The number of nitrogens with zero attached hydrogens (tertiary/aromatic N) is 2. The number of anilines is 1. The van der Waals surface area contributed by atoms with Crippen molar-refractivity contribution in [3.63, 3.8) is 0 Å². The quantitative estimate of drug-likeness (QED) is 0.810. The van der Waals surface area contributed by atoms with E-state index >= 15 is 0 Å². The molecular formula is C13H16ClN4O4S+. The Hall–Kier alpha value is -1.97. The Morgan fingerprint density at radius 1 is 1.43 bits per heavy atom. The van der Waals surface area contributed by atoms with Crippen LogP contribution in [0.5, 0.6) is 0 Å². The second-order valence-corrected chi connectivity index (χ2v) is 7.30. The van der Waals surface area contributed by atoms with Crippen molar-refractivity contribution in [1.82, 2.24) is 10.2 Å². The topological polar surface area (TPSA) is 130 Å². The number of rotatable bonds is 5. The molecule has 1 aromatic carbocycles. The van der Waals surface area contributed by atoms with Gasteiger partial charge in [0, 0.05) is 10.7 Å². The first-order chi connectivity index (χ1) is 10.7. The number of carbonyl (C=O) groups is 1. The van der Waals surface area contributed by atoms with Gasteiger partial charge in [-0.1, -0.05) is 22.8 Å². The molecule has 1 heterocycles. The molecule has 0 unspecified atom stereocenters. The average molecular weight is 360 g/mol. The van der Waals surface area contributed by atoms with E-state index in [4.69, 9.17) is 16.0 Å². The minimum absolute atomic E-state index is 0.0923. The van der Waals surface area contributed by atoms with Crippen molar-refractivity contribution >= 4 is 33.0 Å². The van der Waals surface area contributed by atoms with E-state index < -0.39 is 26.7 Å². The molecule has 23 heavy (non-hydrogen) atoms. The Bertz CT molecular complexity index is 832. The van der Waals surface area contributed by atoms with Crippen LogP contribution in [0, 0.1) is 6.92 Å². The molecule has 0 aliphatic rings. The van der Waals surface area contributed by atoms with Gasteiger partial charge in [0.15, 0.2) is 6.04 Å². The van der Waals surface area contributed by atoms with Gasteiger partial charge >= 0.3 is 5.22 Å². The second-order valence-electron chi connectivity index (χ2n) is 5.03. The number of halogens is 1. The number of hydrogen-bond acceptors (Lipinski definition) is 6. The van der Waals surface area contributed by atoms with Crippen LogP contribution in [-0.2, 0) is 14.6 Å². The summed E-state index contributed by atoms with van der Waals surface area (Å²) in [5, 5.41) is 9.42. The molecule has 0 bridgehead atoms. The number of amides is 1. The van der Waals surface area contributed by atoms with E-state index in [-0.39, 0.29) is 11.9 Å². The number of benzene rings is 1. The summed E-state index contributed by atoms with van der Waals surface area (Å²) in [6.07, 6.45) is 0. The standard InChI is InChI=1S/C13H15ClN4O4S/c1-7-9(14)4-3-5-10(7)16-11(19)6-23(20,21)13-18-17-12(22-13)8(2)15/h3-5,8H,6,15H2,1-2H3,(H,16,19)/p+1/t8-/m0/s1. The Kier molecular flexibility index (Phi) is 5.03. The van der Waals surface area contributed by atoms with Crippen LogP contribution in [0.25, 0.3) is 0 Å². The number of nitrogens with one attached hydrogen (secondary N) is 1. The minimum Gasteiger partial charge on any atom is -0.406 e. The van der Waals surface area contributed by atoms with Crippen molar-refractivity contribution < 1.29 is 23.4 Å². The molecule has 0 radical (unpaired) electrons. The summed E-state index contributed by atoms with van der Waals surface area (Å²) < 4.78 is 29.3. The van der Waals surface area contributed by atoms with Crippen molar-refractivity contribution in [2.75, 3.05) is 11.1 Å². The van der Waals surface area contributed by atoms with Gasteiger partial charge in [-0.2, -0.15) is 0 Å². The molecule has 2 aromatic rings. The lowest BCUT2D eigenvalue weighted by Gasteiger charge is -2.08. The maximum absolute atomic E-state index is 12.1. The third-order valence-corrected chi connectivity index (χ3v) is 4.72. The zero-order valence-corrected chi connectivity index (χ0v) is 14.1. The Morgan fingerprint density at radius 2 is 2.13 bits per heavy atom. The second kappa shape index (κ2) is 6.65. The van der Waals surface area contributed by atoms with E-state index in [0.717, 1.165) is 0 Å². The van der Waals surface area contributed by atoms with Crippen LogP contribution >= 0.6 is 11.6 Å². The van der Waals surface area contributed by atoms with Crippen LogP contribution in [0.1, 0.15) is 24.4 Å². The van der Waals surface area contributed by atoms with E-state index in [1.165, 1.54) is 0 Å². The molecule has 4 N–H and O–H groups in total. The molecule has 0 fully saturated rings. The van der Waals surface area contributed by atoms with E-state index in [1.807, 2.05) is 0 Å². The van der Waals surface area contributed by atoms with Crippen LogP contribution in [0.15, 0.2) is 27.8 Å². The van der Waals surface area contributed by atoms with Gasteiger partial charge in [0.2, 0.25) is 15.7 Å². The highest BCUT2D eigenvalue weighted by molar-refractivity contribution is 7.91. The Balaban J connectivity index is 2.13. The van der Waals surface area contributed by atoms with Crippen LogP contribution in [-0.4, -0.2) is 30.3 Å². The van der Waals surface area contributed by atoms with E-state index in [1.54, 1.807) is 32.0 Å². The zero-order valence-electron chi connectivity index (χ0n) is 12.5. The monoisotopic (exact) mass is 359 g/mol. The van der Waals surface area contributed by atoms with Crippen molar-refractivity contribution in [1.29, 1.82) is 0 Å². The van der Waals surface area contributed by atoms with E-state index in [9.17, 15) is 13.2 Å². The largest absolute Gasteiger partial charge is 0.406 e. The maximum atomic E-state index is 12.1. The van der Waals surface area contributed by atoms with Gasteiger partial charge in [0.25, 0.3) is 5.89 Å². The molecule has 1 amide bonds. The summed E-state index contributed by atoms with van der Waals surface area (Å²) in [6, 6.07) is 4.60. The summed E-state index contributed by atoms with van der Waals surface area (Å²) >= 11 is 5.95. The molecule has 8 nitrogen and oxygen atoms in total. The molecule has 2 rings (SSSR count). The first kappa shape index (κ1) is 17.4. The van der Waals surface area contributed by atoms with Crippen LogP contribution in [0.2, 0.25) is 5.02 Å². The van der Waals surface area contributed by atoms with Crippen molar-refractivity contribution in [2.24, 2.45) is 0 Å². The van der Waals surface area contributed by atoms with Crippen molar-refractivity contribution in [3.8, 4) is 0 Å². The SMILES string of the molecule is Cc1c(Cl)cccc1NC(=O)CS(=O)(=O)c1nnc([C@H](C)[NH3+])o1.